The SMILES string of the molecule is C=C=IN1CCN(C)[C@@H](C)C1. The van der Waals surface area contributed by atoms with Crippen molar-refractivity contribution in [2.45, 2.75) is 13.0 Å². The largest absolute Gasteiger partial charge is 0.301 e. The zero-order valence-electron chi connectivity index (χ0n) is 7.18. The van der Waals surface area contributed by atoms with Crippen molar-refractivity contribution in [2.24, 2.45) is 0 Å². The van der Waals surface area contributed by atoms with E-state index in [0.29, 0.717) is 6.04 Å². The monoisotopic (exact) mass is 266 g/mol. The lowest BCUT2D eigenvalue weighted by Crippen LogP contribution is -2.46. The van der Waals surface area contributed by atoms with Gasteiger partial charge in [0.1, 0.15) is 0 Å². The first-order valence-electron chi connectivity index (χ1n) is 3.85. The first-order valence-corrected chi connectivity index (χ1v) is 5.89. The van der Waals surface area contributed by atoms with Crippen molar-refractivity contribution >= 4 is 24.7 Å². The highest BCUT2D eigenvalue weighted by atomic mass is 127. The van der Waals surface area contributed by atoms with Crippen LogP contribution in [-0.2, 0) is 0 Å². The van der Waals surface area contributed by atoms with Gasteiger partial charge in [-0.1, -0.05) is 3.67 Å². The first kappa shape index (κ1) is 9.39. The third-order valence-corrected chi connectivity index (χ3v) is 3.99. The average molecular weight is 266 g/mol. The maximum absolute atomic E-state index is 3.67. The molecule has 0 saturated carbocycles. The van der Waals surface area contributed by atoms with Crippen molar-refractivity contribution in [2.75, 3.05) is 26.7 Å². The van der Waals surface area contributed by atoms with Gasteiger partial charge in [0, 0.05) is 46.7 Å². The van der Waals surface area contributed by atoms with E-state index in [-0.39, 0.29) is 21.0 Å². The fourth-order valence-electron chi connectivity index (χ4n) is 1.17. The van der Waals surface area contributed by atoms with Crippen molar-refractivity contribution in [3.05, 3.63) is 6.58 Å². The molecule has 2 nitrogen and oxygen atoms in total. The zero-order chi connectivity index (χ0) is 8.27. The molecule has 0 aromatic heterocycles. The van der Waals surface area contributed by atoms with Gasteiger partial charge in [0.25, 0.3) is 0 Å². The minimum atomic E-state index is 0.00577. The van der Waals surface area contributed by atoms with Gasteiger partial charge in [0.05, 0.1) is 0 Å². The second-order valence-corrected chi connectivity index (χ2v) is 5.53. The van der Waals surface area contributed by atoms with E-state index in [1.165, 1.54) is 19.6 Å². The predicted molar refractivity (Wildman–Crippen MR) is 58.3 cm³/mol. The second-order valence-electron chi connectivity index (χ2n) is 2.92. The molecule has 1 fully saturated rings. The average Bonchev–Trinajstić information content (AvgIpc) is 1.98. The summed E-state index contributed by atoms with van der Waals surface area (Å²) >= 11 is 0.00577. The van der Waals surface area contributed by atoms with E-state index in [0.717, 1.165) is 0 Å². The van der Waals surface area contributed by atoms with Crippen LogP contribution in [0.2, 0.25) is 0 Å². The van der Waals surface area contributed by atoms with Gasteiger partial charge in [-0.3, -0.25) is 0 Å². The summed E-state index contributed by atoms with van der Waals surface area (Å²) in [4.78, 5) is 2.41. The van der Waals surface area contributed by atoms with E-state index in [9.17, 15) is 0 Å². The highest BCUT2D eigenvalue weighted by molar-refractivity contribution is 14.2. The normalized spacial score (nSPS) is 28.4. The molecule has 0 aromatic rings. The zero-order valence-corrected chi connectivity index (χ0v) is 9.34. The lowest BCUT2D eigenvalue weighted by Gasteiger charge is -2.34. The molecule has 1 atom stereocenters. The molecule has 64 valence electrons. The van der Waals surface area contributed by atoms with E-state index in [1.54, 1.807) is 0 Å². The van der Waals surface area contributed by atoms with Crippen LogP contribution in [0.25, 0.3) is 0 Å². The molecule has 0 radical (unpaired) electrons. The third-order valence-electron chi connectivity index (χ3n) is 2.09. The van der Waals surface area contributed by atoms with Crippen molar-refractivity contribution < 1.29 is 0 Å². The van der Waals surface area contributed by atoms with Crippen LogP contribution in [0.15, 0.2) is 6.58 Å². The molecule has 0 bridgehead atoms. The van der Waals surface area contributed by atoms with E-state index < -0.39 is 0 Å². The number of halogens is 1. The number of rotatable bonds is 1. The molecule has 0 aromatic carbocycles. The molecule has 3 heteroatoms. The fraction of sp³-hybridized carbons (Fsp3) is 0.750. The van der Waals surface area contributed by atoms with Gasteiger partial charge in [-0.25, -0.2) is 3.11 Å². The molecule has 0 amide bonds. The topological polar surface area (TPSA) is 6.48 Å². The van der Waals surface area contributed by atoms with Crippen LogP contribution < -0.4 is 0 Å². The Kier molecular flexibility index (Phi) is 3.72. The summed E-state index contributed by atoms with van der Waals surface area (Å²) in [6.45, 7) is 9.55. The lowest BCUT2D eigenvalue weighted by molar-refractivity contribution is 0.177. The van der Waals surface area contributed by atoms with E-state index in [2.05, 4.69) is 32.2 Å². The van der Waals surface area contributed by atoms with Crippen LogP contribution in [0.5, 0.6) is 0 Å². The van der Waals surface area contributed by atoms with E-state index >= 15 is 0 Å². The minimum Gasteiger partial charge on any atom is -0.301 e. The smallest absolute Gasteiger partial charge is 0.0236 e. The molecular weight excluding hydrogens is 251 g/mol. The molecule has 0 unspecified atom stereocenters. The maximum Gasteiger partial charge on any atom is 0.0236 e. The van der Waals surface area contributed by atoms with Crippen molar-refractivity contribution in [3.8, 4) is 0 Å². The molecule has 0 spiro atoms. The standard InChI is InChI=1S/C8H15IN2/c1-4-9-11-6-5-10(3)8(2)7-11/h8H,1,5-7H2,2-3H3/t8-/m0/s1. The quantitative estimate of drug-likeness (QED) is 0.518. The Bertz CT molecular complexity index is 175. The van der Waals surface area contributed by atoms with Crippen molar-refractivity contribution in [1.29, 1.82) is 0 Å². The Labute approximate surface area is 79.0 Å². The van der Waals surface area contributed by atoms with Gasteiger partial charge < -0.3 is 4.90 Å². The van der Waals surface area contributed by atoms with Crippen LogP contribution in [0.1, 0.15) is 6.92 Å². The number of hydrogen-bond acceptors (Lipinski definition) is 2. The predicted octanol–water partition coefficient (Wildman–Crippen LogP) is 1.10. The third kappa shape index (κ3) is 2.67. The van der Waals surface area contributed by atoms with Crippen molar-refractivity contribution in [3.63, 3.8) is 0 Å². The number of piperazine rings is 1. The summed E-state index contributed by atoms with van der Waals surface area (Å²) in [5, 5.41) is 0. The molecule has 0 aliphatic carbocycles. The van der Waals surface area contributed by atoms with Crippen LogP contribution in [-0.4, -0.2) is 44.4 Å². The summed E-state index contributed by atoms with van der Waals surface area (Å²) in [6, 6.07) is 0.705. The van der Waals surface area contributed by atoms with Crippen LogP contribution >= 0.6 is 21.0 Å². The van der Waals surface area contributed by atoms with Gasteiger partial charge in [-0.2, -0.15) is 0 Å². The Morgan fingerprint density at radius 2 is 2.27 bits per heavy atom. The Balaban J connectivity index is 2.45. The summed E-state index contributed by atoms with van der Waals surface area (Å²) in [6.07, 6.45) is 0. The molecule has 1 saturated heterocycles. The highest BCUT2D eigenvalue weighted by Crippen LogP contribution is 2.13. The molecule has 11 heavy (non-hydrogen) atoms. The Hall–Kier alpha value is 0.300. The van der Waals surface area contributed by atoms with Crippen LogP contribution in [0.3, 0.4) is 0 Å². The molecule has 1 aliphatic heterocycles. The van der Waals surface area contributed by atoms with Crippen LogP contribution in [0.4, 0.5) is 0 Å². The lowest BCUT2D eigenvalue weighted by atomic mass is 10.2. The van der Waals surface area contributed by atoms with Gasteiger partial charge in [-0.15, -0.1) is 0 Å². The minimum absolute atomic E-state index is 0.00577. The Morgan fingerprint density at radius 1 is 1.55 bits per heavy atom. The molecular formula is C8H15IN2. The summed E-state index contributed by atoms with van der Waals surface area (Å²) in [7, 11) is 2.19. The van der Waals surface area contributed by atoms with Gasteiger partial charge in [0.2, 0.25) is 0 Å². The van der Waals surface area contributed by atoms with E-state index in [4.69, 9.17) is 0 Å². The van der Waals surface area contributed by atoms with Gasteiger partial charge in [-0.05, 0) is 20.6 Å². The number of nitrogens with zero attached hydrogens (tertiary/aromatic N) is 2. The summed E-state index contributed by atoms with van der Waals surface area (Å²) < 4.78 is 5.54. The summed E-state index contributed by atoms with van der Waals surface area (Å²) in [5.41, 5.74) is 0. The Morgan fingerprint density at radius 3 is 2.82 bits per heavy atom. The second kappa shape index (κ2) is 4.36. The highest BCUT2D eigenvalue weighted by Gasteiger charge is 2.18. The summed E-state index contributed by atoms with van der Waals surface area (Å²) in [5.74, 6) is 0. The first-order chi connectivity index (χ1) is 5.24. The van der Waals surface area contributed by atoms with Gasteiger partial charge >= 0.3 is 0 Å². The molecule has 1 heterocycles. The van der Waals surface area contributed by atoms with Gasteiger partial charge in [0.15, 0.2) is 0 Å². The van der Waals surface area contributed by atoms with Crippen molar-refractivity contribution in [1.82, 2.24) is 8.01 Å². The van der Waals surface area contributed by atoms with E-state index in [1.807, 2.05) is 0 Å². The molecule has 1 aliphatic rings. The molecule has 0 N–H and O–H groups in total. The number of likely N-dealkylation sites (N-methyl/N-ethyl adjacent to an activating group) is 1. The fourth-order valence-corrected chi connectivity index (χ4v) is 2.87. The maximum atomic E-state index is 3.67. The van der Waals surface area contributed by atoms with Crippen LogP contribution in [0, 0.1) is 0 Å². The molecule has 1 rings (SSSR count). The number of hydrogen-bond donors (Lipinski definition) is 0.